The van der Waals surface area contributed by atoms with Gasteiger partial charge in [0.2, 0.25) is 0 Å². The number of hydrogen-bond donors (Lipinski definition) is 0. The summed E-state index contributed by atoms with van der Waals surface area (Å²) in [5, 5.41) is 0.165. The zero-order valence-corrected chi connectivity index (χ0v) is 10.7. The standard InChI is InChI=1S/C13H18ClFO/c1-9(6-10(2)14)7-11-4-5-13(16-3)12(15)8-11/h4-5,8-10H,6-7H2,1-3H3. The van der Waals surface area contributed by atoms with Crippen LogP contribution in [0.25, 0.3) is 0 Å². The summed E-state index contributed by atoms with van der Waals surface area (Å²) in [5.41, 5.74) is 0.989. The molecular weight excluding hydrogens is 227 g/mol. The molecule has 0 fully saturated rings. The van der Waals surface area contributed by atoms with Gasteiger partial charge in [-0.25, -0.2) is 4.39 Å². The second-order valence-electron chi connectivity index (χ2n) is 4.29. The summed E-state index contributed by atoms with van der Waals surface area (Å²) in [6.07, 6.45) is 1.78. The van der Waals surface area contributed by atoms with E-state index in [-0.39, 0.29) is 11.2 Å². The van der Waals surface area contributed by atoms with Gasteiger partial charge in [-0.3, -0.25) is 0 Å². The summed E-state index contributed by atoms with van der Waals surface area (Å²) in [5.74, 6) is 0.452. The van der Waals surface area contributed by atoms with E-state index in [1.165, 1.54) is 13.2 Å². The molecule has 3 heteroatoms. The Morgan fingerprint density at radius 3 is 2.56 bits per heavy atom. The molecule has 0 aliphatic carbocycles. The van der Waals surface area contributed by atoms with Crippen LogP contribution in [0.1, 0.15) is 25.8 Å². The molecule has 16 heavy (non-hydrogen) atoms. The summed E-state index contributed by atoms with van der Waals surface area (Å²) >= 11 is 5.92. The number of hydrogen-bond acceptors (Lipinski definition) is 1. The largest absolute Gasteiger partial charge is 0.494 e. The van der Waals surface area contributed by atoms with Crippen LogP contribution in [-0.4, -0.2) is 12.5 Å². The molecule has 0 aliphatic heterocycles. The molecule has 0 saturated heterocycles. The first-order valence-electron chi connectivity index (χ1n) is 5.49. The van der Waals surface area contributed by atoms with Crippen molar-refractivity contribution in [3.05, 3.63) is 29.6 Å². The molecule has 0 N–H and O–H groups in total. The molecule has 0 aliphatic rings. The van der Waals surface area contributed by atoms with Crippen LogP contribution in [0.15, 0.2) is 18.2 Å². The van der Waals surface area contributed by atoms with Crippen molar-refractivity contribution >= 4 is 11.6 Å². The molecule has 2 atom stereocenters. The molecule has 90 valence electrons. The Labute approximate surface area is 102 Å². The van der Waals surface area contributed by atoms with Gasteiger partial charge < -0.3 is 4.74 Å². The normalized spacial score (nSPS) is 14.6. The highest BCUT2D eigenvalue weighted by atomic mass is 35.5. The van der Waals surface area contributed by atoms with Gasteiger partial charge in [0.1, 0.15) is 0 Å². The first-order chi connectivity index (χ1) is 7.52. The quantitative estimate of drug-likeness (QED) is 0.711. The number of alkyl halides is 1. The molecule has 2 unspecified atom stereocenters. The van der Waals surface area contributed by atoms with E-state index in [9.17, 15) is 4.39 Å². The summed E-state index contributed by atoms with van der Waals surface area (Å²) in [6, 6.07) is 5.10. The summed E-state index contributed by atoms with van der Waals surface area (Å²) in [6.45, 7) is 4.10. The van der Waals surface area contributed by atoms with Gasteiger partial charge in [-0.15, -0.1) is 11.6 Å². The van der Waals surface area contributed by atoms with Crippen LogP contribution in [0.3, 0.4) is 0 Å². The lowest BCUT2D eigenvalue weighted by Crippen LogP contribution is -2.05. The lowest BCUT2D eigenvalue weighted by molar-refractivity contribution is 0.385. The second kappa shape index (κ2) is 6.09. The third kappa shape index (κ3) is 4.01. The monoisotopic (exact) mass is 244 g/mol. The lowest BCUT2D eigenvalue weighted by Gasteiger charge is -2.13. The minimum Gasteiger partial charge on any atom is -0.494 e. The van der Waals surface area contributed by atoms with Gasteiger partial charge >= 0.3 is 0 Å². The third-order valence-corrected chi connectivity index (χ3v) is 2.71. The van der Waals surface area contributed by atoms with E-state index >= 15 is 0 Å². The predicted molar refractivity (Wildman–Crippen MR) is 65.8 cm³/mol. The zero-order chi connectivity index (χ0) is 12.1. The van der Waals surface area contributed by atoms with Crippen molar-refractivity contribution in [2.45, 2.75) is 32.1 Å². The molecule has 1 nitrogen and oxygen atoms in total. The first-order valence-corrected chi connectivity index (χ1v) is 5.93. The number of rotatable bonds is 5. The van der Waals surface area contributed by atoms with E-state index in [2.05, 4.69) is 6.92 Å². The summed E-state index contributed by atoms with van der Waals surface area (Å²) < 4.78 is 18.3. The summed E-state index contributed by atoms with van der Waals surface area (Å²) in [4.78, 5) is 0. The van der Waals surface area contributed by atoms with Gasteiger partial charge in [-0.1, -0.05) is 13.0 Å². The van der Waals surface area contributed by atoms with E-state index < -0.39 is 0 Å². The average Bonchev–Trinajstić information content (AvgIpc) is 2.16. The average molecular weight is 245 g/mol. The molecule has 0 spiro atoms. The number of benzene rings is 1. The highest BCUT2D eigenvalue weighted by molar-refractivity contribution is 6.20. The Hall–Kier alpha value is -0.760. The van der Waals surface area contributed by atoms with Gasteiger partial charge in [0.15, 0.2) is 11.6 Å². The maximum atomic E-state index is 13.4. The molecule has 0 saturated carbocycles. The fourth-order valence-corrected chi connectivity index (χ4v) is 2.18. The van der Waals surface area contributed by atoms with E-state index in [0.29, 0.717) is 11.7 Å². The molecule has 0 heterocycles. The highest BCUT2D eigenvalue weighted by Crippen LogP contribution is 2.21. The maximum absolute atomic E-state index is 13.4. The van der Waals surface area contributed by atoms with Gasteiger partial charge in [0.05, 0.1) is 7.11 Å². The number of ether oxygens (including phenoxy) is 1. The number of halogens is 2. The topological polar surface area (TPSA) is 9.23 Å². The van der Waals surface area contributed by atoms with Crippen LogP contribution >= 0.6 is 11.6 Å². The van der Waals surface area contributed by atoms with Gasteiger partial charge in [0, 0.05) is 5.38 Å². The zero-order valence-electron chi connectivity index (χ0n) is 9.97. The minimum absolute atomic E-state index is 0.165. The molecule has 0 amide bonds. The van der Waals surface area contributed by atoms with Crippen molar-refractivity contribution in [3.8, 4) is 5.75 Å². The minimum atomic E-state index is -0.300. The Morgan fingerprint density at radius 1 is 1.38 bits per heavy atom. The van der Waals surface area contributed by atoms with Crippen LogP contribution in [0.5, 0.6) is 5.75 Å². The van der Waals surface area contributed by atoms with Crippen LogP contribution in [-0.2, 0) is 6.42 Å². The molecule has 1 aromatic carbocycles. The van der Waals surface area contributed by atoms with Crippen molar-refractivity contribution < 1.29 is 9.13 Å². The highest BCUT2D eigenvalue weighted by Gasteiger charge is 2.09. The first kappa shape index (κ1) is 13.3. The van der Waals surface area contributed by atoms with Crippen molar-refractivity contribution in [3.63, 3.8) is 0 Å². The molecule has 1 aromatic rings. The van der Waals surface area contributed by atoms with Crippen LogP contribution in [0, 0.1) is 11.7 Å². The number of methoxy groups -OCH3 is 1. The smallest absolute Gasteiger partial charge is 0.165 e. The van der Waals surface area contributed by atoms with E-state index in [4.69, 9.17) is 16.3 Å². The van der Waals surface area contributed by atoms with Crippen molar-refractivity contribution in [2.24, 2.45) is 5.92 Å². The van der Waals surface area contributed by atoms with Crippen molar-refractivity contribution in [1.82, 2.24) is 0 Å². The fraction of sp³-hybridized carbons (Fsp3) is 0.538. The van der Waals surface area contributed by atoms with Crippen molar-refractivity contribution in [2.75, 3.05) is 7.11 Å². The van der Waals surface area contributed by atoms with Gasteiger partial charge in [-0.2, -0.15) is 0 Å². The SMILES string of the molecule is COc1ccc(CC(C)CC(C)Cl)cc1F. The maximum Gasteiger partial charge on any atom is 0.165 e. The van der Waals surface area contributed by atoms with E-state index in [0.717, 1.165) is 18.4 Å². The molecule has 1 rings (SSSR count). The molecule has 0 aromatic heterocycles. The fourth-order valence-electron chi connectivity index (χ4n) is 1.88. The molecule has 0 radical (unpaired) electrons. The van der Waals surface area contributed by atoms with Crippen LogP contribution < -0.4 is 4.74 Å². The molecule has 0 bridgehead atoms. The van der Waals surface area contributed by atoms with Crippen LogP contribution in [0.4, 0.5) is 4.39 Å². The Bertz CT molecular complexity index is 339. The van der Waals surface area contributed by atoms with Gasteiger partial charge in [0.25, 0.3) is 0 Å². The lowest BCUT2D eigenvalue weighted by atomic mass is 9.97. The Kier molecular flexibility index (Phi) is 5.07. The van der Waals surface area contributed by atoms with Crippen LogP contribution in [0.2, 0.25) is 0 Å². The second-order valence-corrected chi connectivity index (χ2v) is 5.04. The van der Waals surface area contributed by atoms with Gasteiger partial charge in [-0.05, 0) is 43.4 Å². The Balaban J connectivity index is 2.64. The van der Waals surface area contributed by atoms with Crippen molar-refractivity contribution in [1.29, 1.82) is 0 Å². The third-order valence-electron chi connectivity index (χ3n) is 2.53. The summed E-state index contributed by atoms with van der Waals surface area (Å²) in [7, 11) is 1.47. The Morgan fingerprint density at radius 2 is 2.06 bits per heavy atom. The molecular formula is C13H18ClFO. The van der Waals surface area contributed by atoms with E-state index in [1.807, 2.05) is 13.0 Å². The van der Waals surface area contributed by atoms with E-state index in [1.54, 1.807) is 6.07 Å². The predicted octanol–water partition coefficient (Wildman–Crippen LogP) is 4.03.